The summed E-state index contributed by atoms with van der Waals surface area (Å²) in [6.45, 7) is 1.98. The topological polar surface area (TPSA) is 29.0 Å². The molecule has 2 aromatic rings. The summed E-state index contributed by atoms with van der Waals surface area (Å²) in [6, 6.07) is 7.92. The van der Waals surface area contributed by atoms with Crippen molar-refractivity contribution in [1.82, 2.24) is 9.97 Å². The Balaban J connectivity index is 2.70. The van der Waals surface area contributed by atoms with Gasteiger partial charge in [-0.15, -0.1) is 0 Å². The molecule has 0 fully saturated rings. The highest BCUT2D eigenvalue weighted by atomic mass is 15.1. The minimum absolute atomic E-state index is 0.900. The van der Waals surface area contributed by atoms with Gasteiger partial charge in [0.15, 0.2) is 5.82 Å². The van der Waals surface area contributed by atoms with Crippen molar-refractivity contribution >= 4 is 22.9 Å². The van der Waals surface area contributed by atoms with Crippen LogP contribution in [-0.2, 0) is 0 Å². The van der Waals surface area contributed by atoms with Crippen LogP contribution >= 0.6 is 0 Å². The highest BCUT2D eigenvalue weighted by Crippen LogP contribution is 2.19. The van der Waals surface area contributed by atoms with Crippen LogP contribution in [0.2, 0.25) is 0 Å². The number of anilines is 1. The molecule has 3 heteroatoms. The molecular formula is C13H15N3. The molecule has 2 rings (SSSR count). The van der Waals surface area contributed by atoms with Gasteiger partial charge in [-0.05, 0) is 25.1 Å². The molecule has 16 heavy (non-hydrogen) atoms. The molecule has 0 aliphatic heterocycles. The standard InChI is InChI=1S/C13H15N3/c1-4-7-12-13(16(2)3)15-11-9-6-5-8-10(11)14-12/h4-9H,1-3H3/b7-4+. The molecule has 0 amide bonds. The summed E-state index contributed by atoms with van der Waals surface area (Å²) in [5.74, 6) is 0.900. The van der Waals surface area contributed by atoms with Gasteiger partial charge in [-0.25, -0.2) is 9.97 Å². The van der Waals surface area contributed by atoms with Crippen LogP contribution in [0.25, 0.3) is 17.1 Å². The third kappa shape index (κ3) is 1.89. The van der Waals surface area contributed by atoms with Crippen LogP contribution in [0, 0.1) is 0 Å². The lowest BCUT2D eigenvalue weighted by Gasteiger charge is -2.14. The van der Waals surface area contributed by atoms with E-state index in [1.54, 1.807) is 0 Å². The Morgan fingerprint density at radius 2 is 1.69 bits per heavy atom. The van der Waals surface area contributed by atoms with Gasteiger partial charge in [0, 0.05) is 14.1 Å². The van der Waals surface area contributed by atoms with Crippen LogP contribution < -0.4 is 4.90 Å². The van der Waals surface area contributed by atoms with Crippen molar-refractivity contribution in [3.05, 3.63) is 36.0 Å². The molecule has 1 heterocycles. The zero-order valence-corrected chi connectivity index (χ0v) is 9.81. The SMILES string of the molecule is C/C=C/c1nc2ccccc2nc1N(C)C. The first-order valence-corrected chi connectivity index (χ1v) is 5.29. The number of allylic oxidation sites excluding steroid dienone is 1. The number of para-hydroxylation sites is 2. The number of nitrogens with zero attached hydrogens (tertiary/aromatic N) is 3. The Kier molecular flexibility index (Phi) is 2.86. The molecule has 0 unspecified atom stereocenters. The maximum Gasteiger partial charge on any atom is 0.154 e. The summed E-state index contributed by atoms with van der Waals surface area (Å²) >= 11 is 0. The number of benzene rings is 1. The van der Waals surface area contributed by atoms with E-state index in [4.69, 9.17) is 0 Å². The van der Waals surface area contributed by atoms with Crippen LogP contribution in [0.4, 0.5) is 5.82 Å². The van der Waals surface area contributed by atoms with E-state index in [1.165, 1.54) is 0 Å². The van der Waals surface area contributed by atoms with Crippen LogP contribution in [-0.4, -0.2) is 24.1 Å². The monoisotopic (exact) mass is 213 g/mol. The summed E-state index contributed by atoms with van der Waals surface area (Å²) in [7, 11) is 3.96. The molecule has 0 bridgehead atoms. The predicted octanol–water partition coefficient (Wildman–Crippen LogP) is 2.73. The minimum Gasteiger partial charge on any atom is -0.361 e. The number of rotatable bonds is 2. The van der Waals surface area contributed by atoms with Gasteiger partial charge in [0.2, 0.25) is 0 Å². The third-order valence-corrected chi connectivity index (χ3v) is 2.33. The molecule has 0 aliphatic carbocycles. The van der Waals surface area contributed by atoms with Crippen molar-refractivity contribution in [2.75, 3.05) is 19.0 Å². The second kappa shape index (κ2) is 4.31. The molecule has 0 saturated carbocycles. The fourth-order valence-corrected chi connectivity index (χ4v) is 1.60. The van der Waals surface area contributed by atoms with Crippen molar-refractivity contribution in [2.24, 2.45) is 0 Å². The zero-order chi connectivity index (χ0) is 11.5. The van der Waals surface area contributed by atoms with Gasteiger partial charge in [-0.1, -0.05) is 18.2 Å². The lowest BCUT2D eigenvalue weighted by Crippen LogP contribution is -2.13. The average Bonchev–Trinajstić information content (AvgIpc) is 2.28. The van der Waals surface area contributed by atoms with Crippen molar-refractivity contribution < 1.29 is 0 Å². The zero-order valence-electron chi connectivity index (χ0n) is 9.81. The van der Waals surface area contributed by atoms with Crippen LogP contribution in [0.1, 0.15) is 12.6 Å². The molecule has 0 saturated heterocycles. The smallest absolute Gasteiger partial charge is 0.154 e. The maximum atomic E-state index is 4.61. The molecular weight excluding hydrogens is 198 g/mol. The third-order valence-electron chi connectivity index (χ3n) is 2.33. The van der Waals surface area contributed by atoms with E-state index >= 15 is 0 Å². The van der Waals surface area contributed by atoms with Gasteiger partial charge >= 0.3 is 0 Å². The van der Waals surface area contributed by atoms with E-state index in [9.17, 15) is 0 Å². The van der Waals surface area contributed by atoms with Crippen molar-refractivity contribution in [1.29, 1.82) is 0 Å². The van der Waals surface area contributed by atoms with E-state index in [1.807, 2.05) is 62.3 Å². The first-order valence-electron chi connectivity index (χ1n) is 5.29. The van der Waals surface area contributed by atoms with E-state index in [2.05, 4.69) is 9.97 Å². The first kappa shape index (κ1) is 10.6. The molecule has 1 aromatic carbocycles. The second-order valence-electron chi connectivity index (χ2n) is 3.82. The summed E-state index contributed by atoms with van der Waals surface area (Å²) in [4.78, 5) is 11.2. The Morgan fingerprint density at radius 3 is 2.25 bits per heavy atom. The van der Waals surface area contributed by atoms with Crippen molar-refractivity contribution in [2.45, 2.75) is 6.92 Å². The average molecular weight is 213 g/mol. The normalized spacial score (nSPS) is 11.2. The summed E-state index contributed by atoms with van der Waals surface area (Å²) < 4.78 is 0. The van der Waals surface area contributed by atoms with Gasteiger partial charge in [0.1, 0.15) is 5.69 Å². The van der Waals surface area contributed by atoms with Gasteiger partial charge in [-0.3, -0.25) is 0 Å². The van der Waals surface area contributed by atoms with Gasteiger partial charge in [0.25, 0.3) is 0 Å². The van der Waals surface area contributed by atoms with Crippen LogP contribution in [0.15, 0.2) is 30.3 Å². The molecule has 0 atom stereocenters. The first-order chi connectivity index (χ1) is 7.72. The van der Waals surface area contributed by atoms with E-state index in [-0.39, 0.29) is 0 Å². The van der Waals surface area contributed by atoms with Gasteiger partial charge in [0.05, 0.1) is 11.0 Å². The number of fused-ring (bicyclic) bond motifs is 1. The van der Waals surface area contributed by atoms with E-state index < -0.39 is 0 Å². The molecule has 3 nitrogen and oxygen atoms in total. The lowest BCUT2D eigenvalue weighted by molar-refractivity contribution is 1.06. The highest BCUT2D eigenvalue weighted by Gasteiger charge is 2.07. The predicted molar refractivity (Wildman–Crippen MR) is 68.6 cm³/mol. The highest BCUT2D eigenvalue weighted by molar-refractivity contribution is 5.78. The Morgan fingerprint density at radius 1 is 1.06 bits per heavy atom. The maximum absolute atomic E-state index is 4.61. The number of aromatic nitrogens is 2. The summed E-state index contributed by atoms with van der Waals surface area (Å²) in [5, 5.41) is 0. The summed E-state index contributed by atoms with van der Waals surface area (Å²) in [5.41, 5.74) is 2.77. The quantitative estimate of drug-likeness (QED) is 0.768. The van der Waals surface area contributed by atoms with Gasteiger partial charge in [-0.2, -0.15) is 0 Å². The van der Waals surface area contributed by atoms with Crippen molar-refractivity contribution in [3.8, 4) is 0 Å². The molecule has 0 radical (unpaired) electrons. The van der Waals surface area contributed by atoms with E-state index in [0.717, 1.165) is 22.5 Å². The Bertz CT molecular complexity index is 530. The fourth-order valence-electron chi connectivity index (χ4n) is 1.60. The minimum atomic E-state index is 0.900. The Labute approximate surface area is 95.4 Å². The molecule has 0 aliphatic rings. The number of hydrogen-bond donors (Lipinski definition) is 0. The van der Waals surface area contributed by atoms with Crippen LogP contribution in [0.5, 0.6) is 0 Å². The molecule has 82 valence electrons. The van der Waals surface area contributed by atoms with Gasteiger partial charge < -0.3 is 4.90 Å². The molecule has 0 N–H and O–H groups in total. The fraction of sp³-hybridized carbons (Fsp3) is 0.231. The lowest BCUT2D eigenvalue weighted by atomic mass is 10.2. The second-order valence-corrected chi connectivity index (χ2v) is 3.82. The summed E-state index contributed by atoms with van der Waals surface area (Å²) in [6.07, 6.45) is 3.96. The van der Waals surface area contributed by atoms with Crippen molar-refractivity contribution in [3.63, 3.8) is 0 Å². The van der Waals surface area contributed by atoms with Crippen LogP contribution in [0.3, 0.4) is 0 Å². The largest absolute Gasteiger partial charge is 0.361 e. The Hall–Kier alpha value is -1.90. The molecule has 0 spiro atoms. The number of hydrogen-bond acceptors (Lipinski definition) is 3. The van der Waals surface area contributed by atoms with E-state index in [0.29, 0.717) is 0 Å². The molecule has 1 aromatic heterocycles.